The van der Waals surface area contributed by atoms with Gasteiger partial charge in [-0.3, -0.25) is 4.79 Å². The standard InChI is InChI=1S/C39H75NO8/c1-3-5-7-9-11-12-13-14-15-16-17-18-19-20-21-23-25-27-29-35(43)40-32(33(42)28-26-24-22-10-8-6-4-2)31-47-39-38(46)37(45)36(44)34(30-41)48-39/h26,28,32-34,36-39,41-42,44-46H,3-25,27,29-31H2,1-2H3,(H,40,43)/b28-26+. The lowest BCUT2D eigenvalue weighted by Crippen LogP contribution is -2.60. The molecule has 7 unspecified atom stereocenters. The molecule has 1 fully saturated rings. The van der Waals surface area contributed by atoms with E-state index in [1.807, 2.05) is 6.08 Å². The van der Waals surface area contributed by atoms with Crippen molar-refractivity contribution >= 4 is 5.91 Å². The quantitative estimate of drug-likeness (QED) is 0.0328. The minimum atomic E-state index is -1.56. The van der Waals surface area contributed by atoms with Crippen LogP contribution in [0.15, 0.2) is 12.2 Å². The number of carbonyl (C=O) groups excluding carboxylic acids is 1. The summed E-state index contributed by atoms with van der Waals surface area (Å²) in [6.07, 6.45) is 25.6. The minimum absolute atomic E-state index is 0.180. The molecule has 48 heavy (non-hydrogen) atoms. The van der Waals surface area contributed by atoms with Crippen LogP contribution in [0.4, 0.5) is 0 Å². The molecule has 1 saturated heterocycles. The first-order valence-electron chi connectivity index (χ1n) is 19.9. The monoisotopic (exact) mass is 686 g/mol. The lowest BCUT2D eigenvalue weighted by molar-refractivity contribution is -0.302. The number of nitrogens with one attached hydrogen (secondary N) is 1. The predicted molar refractivity (Wildman–Crippen MR) is 194 cm³/mol. The Hall–Kier alpha value is -1.07. The van der Waals surface area contributed by atoms with Crippen LogP contribution in [0.1, 0.15) is 174 Å². The predicted octanol–water partition coefficient (Wildman–Crippen LogP) is 7.00. The topological polar surface area (TPSA) is 149 Å². The maximum absolute atomic E-state index is 12.8. The van der Waals surface area contributed by atoms with Crippen LogP contribution in [0.25, 0.3) is 0 Å². The second-order valence-corrected chi connectivity index (χ2v) is 14.1. The van der Waals surface area contributed by atoms with E-state index in [1.165, 1.54) is 116 Å². The number of aliphatic hydroxyl groups is 5. The van der Waals surface area contributed by atoms with Crippen LogP contribution in [0.2, 0.25) is 0 Å². The summed E-state index contributed by atoms with van der Waals surface area (Å²) in [5, 5.41) is 53.7. The number of amides is 1. The Balaban J connectivity index is 2.31. The fourth-order valence-electron chi connectivity index (χ4n) is 6.33. The molecular formula is C39H75NO8. The summed E-state index contributed by atoms with van der Waals surface area (Å²) in [4.78, 5) is 12.8. The average molecular weight is 686 g/mol. The van der Waals surface area contributed by atoms with Gasteiger partial charge in [0.15, 0.2) is 6.29 Å². The molecule has 9 nitrogen and oxygen atoms in total. The van der Waals surface area contributed by atoms with Gasteiger partial charge < -0.3 is 40.3 Å². The molecule has 0 radical (unpaired) electrons. The molecule has 1 rings (SSSR count). The molecule has 1 aliphatic rings. The Bertz CT molecular complexity index is 766. The molecule has 0 spiro atoms. The molecule has 0 aliphatic carbocycles. The van der Waals surface area contributed by atoms with E-state index in [0.29, 0.717) is 6.42 Å². The molecule has 284 valence electrons. The maximum Gasteiger partial charge on any atom is 0.220 e. The molecule has 0 aromatic heterocycles. The van der Waals surface area contributed by atoms with Crippen molar-refractivity contribution in [2.45, 2.75) is 217 Å². The third kappa shape index (κ3) is 21.9. The molecule has 1 amide bonds. The highest BCUT2D eigenvalue weighted by Crippen LogP contribution is 2.22. The van der Waals surface area contributed by atoms with Crippen molar-refractivity contribution in [2.75, 3.05) is 13.2 Å². The van der Waals surface area contributed by atoms with Crippen LogP contribution in [0, 0.1) is 0 Å². The highest BCUT2D eigenvalue weighted by Gasteiger charge is 2.44. The van der Waals surface area contributed by atoms with Crippen molar-refractivity contribution in [1.29, 1.82) is 0 Å². The van der Waals surface area contributed by atoms with E-state index in [0.717, 1.165) is 38.5 Å². The fourth-order valence-corrected chi connectivity index (χ4v) is 6.33. The first-order chi connectivity index (χ1) is 23.3. The Morgan fingerprint density at radius 2 is 1.15 bits per heavy atom. The second-order valence-electron chi connectivity index (χ2n) is 14.1. The Kier molecular flexibility index (Phi) is 28.8. The molecule has 7 atom stereocenters. The highest BCUT2D eigenvalue weighted by molar-refractivity contribution is 5.76. The summed E-state index contributed by atoms with van der Waals surface area (Å²) >= 11 is 0. The van der Waals surface area contributed by atoms with E-state index in [1.54, 1.807) is 6.08 Å². The van der Waals surface area contributed by atoms with Crippen molar-refractivity contribution in [1.82, 2.24) is 5.32 Å². The van der Waals surface area contributed by atoms with Gasteiger partial charge in [0.1, 0.15) is 24.4 Å². The van der Waals surface area contributed by atoms with E-state index in [2.05, 4.69) is 19.2 Å². The van der Waals surface area contributed by atoms with Gasteiger partial charge in [-0.25, -0.2) is 0 Å². The van der Waals surface area contributed by atoms with Crippen LogP contribution in [-0.2, 0) is 14.3 Å². The van der Waals surface area contributed by atoms with Gasteiger partial charge in [-0.1, -0.05) is 161 Å². The van der Waals surface area contributed by atoms with Gasteiger partial charge in [0.25, 0.3) is 0 Å². The van der Waals surface area contributed by atoms with Crippen LogP contribution in [-0.4, -0.2) is 87.5 Å². The van der Waals surface area contributed by atoms with Crippen LogP contribution < -0.4 is 5.32 Å². The van der Waals surface area contributed by atoms with Gasteiger partial charge in [0.2, 0.25) is 5.91 Å². The number of unbranched alkanes of at least 4 members (excludes halogenated alkanes) is 22. The SMILES string of the molecule is CCCCCCC/C=C/C(O)C(COC1OC(CO)C(O)C(O)C1O)NC(=O)CCCCCCCCCCCCCCCCCCCC. The first kappa shape index (κ1) is 45.0. The van der Waals surface area contributed by atoms with E-state index in [9.17, 15) is 30.3 Å². The van der Waals surface area contributed by atoms with E-state index in [4.69, 9.17) is 9.47 Å². The van der Waals surface area contributed by atoms with E-state index in [-0.39, 0.29) is 12.5 Å². The lowest BCUT2D eigenvalue weighted by atomic mass is 9.99. The van der Waals surface area contributed by atoms with Gasteiger partial charge in [-0.05, 0) is 19.3 Å². The Morgan fingerprint density at radius 1 is 0.688 bits per heavy atom. The number of rotatable bonds is 32. The lowest BCUT2D eigenvalue weighted by Gasteiger charge is -2.40. The maximum atomic E-state index is 12.8. The molecule has 6 N–H and O–H groups in total. The van der Waals surface area contributed by atoms with Gasteiger partial charge in [-0.15, -0.1) is 0 Å². The summed E-state index contributed by atoms with van der Waals surface area (Å²) in [5.74, 6) is -0.180. The van der Waals surface area contributed by atoms with E-state index >= 15 is 0 Å². The number of carbonyl (C=O) groups is 1. The molecule has 0 aromatic carbocycles. The smallest absolute Gasteiger partial charge is 0.220 e. The van der Waals surface area contributed by atoms with Gasteiger partial charge in [0.05, 0.1) is 25.4 Å². The third-order valence-electron chi connectivity index (χ3n) is 9.61. The summed E-state index contributed by atoms with van der Waals surface area (Å²) in [5.41, 5.74) is 0. The minimum Gasteiger partial charge on any atom is -0.394 e. The molecule has 9 heteroatoms. The number of hydrogen-bond acceptors (Lipinski definition) is 8. The first-order valence-corrected chi connectivity index (χ1v) is 19.9. The Morgan fingerprint density at radius 3 is 1.62 bits per heavy atom. The van der Waals surface area contributed by atoms with Crippen LogP contribution >= 0.6 is 0 Å². The summed E-state index contributed by atoms with van der Waals surface area (Å²) in [6.45, 7) is 3.70. The average Bonchev–Trinajstić information content (AvgIpc) is 3.08. The third-order valence-corrected chi connectivity index (χ3v) is 9.61. The molecule has 1 heterocycles. The van der Waals surface area contributed by atoms with Crippen LogP contribution in [0.3, 0.4) is 0 Å². The van der Waals surface area contributed by atoms with Gasteiger partial charge in [0, 0.05) is 6.42 Å². The number of ether oxygens (including phenoxy) is 2. The Labute approximate surface area is 293 Å². The molecule has 0 bridgehead atoms. The van der Waals surface area contributed by atoms with Crippen LogP contribution in [0.5, 0.6) is 0 Å². The normalized spacial score (nSPS) is 22.7. The zero-order valence-corrected chi connectivity index (χ0v) is 30.7. The van der Waals surface area contributed by atoms with Crippen molar-refractivity contribution in [2.24, 2.45) is 0 Å². The fraction of sp³-hybridized carbons (Fsp3) is 0.923. The highest BCUT2D eigenvalue weighted by atomic mass is 16.7. The van der Waals surface area contributed by atoms with Crippen molar-refractivity contribution in [3.8, 4) is 0 Å². The molecule has 1 aliphatic heterocycles. The van der Waals surface area contributed by atoms with Crippen molar-refractivity contribution < 1.29 is 39.8 Å². The van der Waals surface area contributed by atoms with E-state index < -0.39 is 49.5 Å². The zero-order chi connectivity index (χ0) is 35.2. The van der Waals surface area contributed by atoms with Gasteiger partial charge in [-0.2, -0.15) is 0 Å². The summed E-state index contributed by atoms with van der Waals surface area (Å²) < 4.78 is 11.1. The largest absolute Gasteiger partial charge is 0.394 e. The van der Waals surface area contributed by atoms with Crippen molar-refractivity contribution in [3.63, 3.8) is 0 Å². The van der Waals surface area contributed by atoms with Crippen molar-refractivity contribution in [3.05, 3.63) is 12.2 Å². The molecule has 0 saturated carbocycles. The second kappa shape index (κ2) is 30.7. The number of aliphatic hydroxyl groups excluding tert-OH is 5. The van der Waals surface area contributed by atoms with Gasteiger partial charge >= 0.3 is 0 Å². The molecule has 0 aromatic rings. The summed E-state index contributed by atoms with van der Waals surface area (Å²) in [6, 6.07) is -0.795. The molecular weight excluding hydrogens is 610 g/mol. The number of allylic oxidation sites excluding steroid dienone is 1. The summed E-state index contributed by atoms with van der Waals surface area (Å²) in [7, 11) is 0. The number of hydrogen-bond donors (Lipinski definition) is 6. The zero-order valence-electron chi connectivity index (χ0n) is 30.7.